The lowest BCUT2D eigenvalue weighted by Crippen LogP contribution is -2.54. The number of nitrogen functional groups attached to an aromatic ring is 1. The summed E-state index contributed by atoms with van der Waals surface area (Å²) >= 11 is 1.44. The molecule has 182 valence electrons. The van der Waals surface area contributed by atoms with Crippen LogP contribution in [0.1, 0.15) is 16.0 Å². The predicted octanol–water partition coefficient (Wildman–Crippen LogP) is 3.12. The summed E-state index contributed by atoms with van der Waals surface area (Å²) in [5.41, 5.74) is 13.7. The Morgan fingerprint density at radius 2 is 2.00 bits per heavy atom. The number of fused-ring (bicyclic) bond motifs is 1. The molecule has 2 aliphatic rings. The van der Waals surface area contributed by atoms with Crippen molar-refractivity contribution in [2.45, 2.75) is 12.1 Å². The molecule has 1 saturated heterocycles. The zero-order valence-electron chi connectivity index (χ0n) is 19.5. The Balaban J connectivity index is 1.47. The summed E-state index contributed by atoms with van der Waals surface area (Å²) in [6, 6.07) is 20.5. The van der Waals surface area contributed by atoms with Crippen LogP contribution in [0.15, 0.2) is 65.7 Å². The van der Waals surface area contributed by atoms with Crippen LogP contribution in [0.4, 0.5) is 10.5 Å². The number of hydrogen-bond donors (Lipinski definition) is 2. The summed E-state index contributed by atoms with van der Waals surface area (Å²) < 4.78 is 5.54. The quantitative estimate of drug-likeness (QED) is 0.528. The highest BCUT2D eigenvalue weighted by molar-refractivity contribution is 7.15. The van der Waals surface area contributed by atoms with Crippen molar-refractivity contribution in [3.63, 3.8) is 0 Å². The maximum atomic E-state index is 13.3. The molecule has 10 heteroatoms. The molecular weight excluding hydrogens is 476 g/mol. The number of nitrogens with two attached hydrogens (primary N) is 2. The van der Waals surface area contributed by atoms with E-state index >= 15 is 0 Å². The van der Waals surface area contributed by atoms with Crippen LogP contribution in [0.2, 0.25) is 0 Å². The fourth-order valence-electron chi connectivity index (χ4n) is 4.70. The number of aliphatic imine (C=N–C) groups is 1. The van der Waals surface area contributed by atoms with Crippen molar-refractivity contribution in [3.8, 4) is 16.5 Å². The van der Waals surface area contributed by atoms with Gasteiger partial charge in [-0.2, -0.15) is 5.26 Å². The van der Waals surface area contributed by atoms with Crippen LogP contribution in [0.5, 0.6) is 0 Å². The Hall–Kier alpha value is -4.36. The molecule has 3 aromatic rings. The molecule has 2 aliphatic heterocycles. The van der Waals surface area contributed by atoms with Crippen LogP contribution >= 0.6 is 11.3 Å². The first kappa shape index (κ1) is 23.4. The molecule has 2 atom stereocenters. The lowest BCUT2D eigenvalue weighted by molar-refractivity contribution is -0.132. The molecule has 0 aliphatic carbocycles. The summed E-state index contributed by atoms with van der Waals surface area (Å²) in [6.45, 7) is 0.455. The van der Waals surface area contributed by atoms with Crippen molar-refractivity contribution in [2.75, 3.05) is 25.9 Å². The highest BCUT2D eigenvalue weighted by atomic mass is 32.1. The van der Waals surface area contributed by atoms with Crippen LogP contribution in [-0.4, -0.2) is 47.9 Å². The van der Waals surface area contributed by atoms with Gasteiger partial charge in [0.15, 0.2) is 5.96 Å². The van der Waals surface area contributed by atoms with Crippen molar-refractivity contribution < 1.29 is 14.3 Å². The number of rotatable bonds is 4. The Labute approximate surface area is 212 Å². The number of hydrogen-bond acceptors (Lipinski definition) is 8. The molecule has 4 N–H and O–H groups in total. The van der Waals surface area contributed by atoms with Crippen LogP contribution < -0.4 is 11.5 Å². The molecule has 3 heterocycles. The Morgan fingerprint density at radius 1 is 1.22 bits per heavy atom. The van der Waals surface area contributed by atoms with Crippen LogP contribution in [-0.2, 0) is 21.7 Å². The smallest absolute Gasteiger partial charge is 0.410 e. The van der Waals surface area contributed by atoms with Crippen molar-refractivity contribution in [1.29, 1.82) is 5.26 Å². The van der Waals surface area contributed by atoms with Crippen molar-refractivity contribution in [1.82, 2.24) is 9.80 Å². The molecule has 9 nitrogen and oxygen atoms in total. The highest BCUT2D eigenvalue weighted by Crippen LogP contribution is 2.47. The fraction of sp³-hybridized carbons (Fsp3) is 0.231. The van der Waals surface area contributed by atoms with Gasteiger partial charge in [0, 0.05) is 29.0 Å². The number of likely N-dealkylation sites (tertiary alicyclic amines) is 1. The number of carbonyl (C=O) groups excluding carboxylic acids is 2. The lowest BCUT2D eigenvalue weighted by atomic mass is 9.84. The minimum atomic E-state index is -1.03. The van der Waals surface area contributed by atoms with E-state index in [0.717, 1.165) is 20.9 Å². The molecule has 0 spiro atoms. The largest absolute Gasteiger partial charge is 0.445 e. The second-order valence-corrected chi connectivity index (χ2v) is 9.97. The molecule has 0 radical (unpaired) electrons. The first-order valence-electron chi connectivity index (χ1n) is 11.3. The van der Waals surface area contributed by atoms with Gasteiger partial charge in [0.05, 0.1) is 24.1 Å². The molecular formula is C26H24N6O3S. The predicted molar refractivity (Wildman–Crippen MR) is 137 cm³/mol. The van der Waals surface area contributed by atoms with Gasteiger partial charge in [-0.25, -0.2) is 9.79 Å². The topological polar surface area (TPSA) is 138 Å². The number of guanidine groups is 1. The van der Waals surface area contributed by atoms with Crippen LogP contribution in [0, 0.1) is 17.2 Å². The summed E-state index contributed by atoms with van der Waals surface area (Å²) in [6.07, 6.45) is -0.511. The van der Waals surface area contributed by atoms with Crippen LogP contribution in [0.3, 0.4) is 0 Å². The second-order valence-electron chi connectivity index (χ2n) is 8.88. The first-order chi connectivity index (χ1) is 17.3. The number of anilines is 1. The number of benzene rings is 2. The van der Waals surface area contributed by atoms with E-state index in [4.69, 9.17) is 21.2 Å². The monoisotopic (exact) mass is 500 g/mol. The number of nitriles is 1. The number of ether oxygens (including phenoxy) is 1. The summed E-state index contributed by atoms with van der Waals surface area (Å²) in [5, 5.41) is 9.32. The Bertz CT molecular complexity index is 1410. The summed E-state index contributed by atoms with van der Waals surface area (Å²) in [7, 11) is 1.58. The van der Waals surface area contributed by atoms with Gasteiger partial charge in [-0.15, -0.1) is 11.3 Å². The SMILES string of the molecule is CN1C(=O)[C@@H]2CN(C(=O)OCc3ccccc3)C[C@]2(c2ccc(-c3cc(N)cc(C#N)c3)s2)N=C1N. The van der Waals surface area contributed by atoms with Gasteiger partial charge in [0.2, 0.25) is 5.91 Å². The third-order valence-electron chi connectivity index (χ3n) is 6.56. The molecule has 2 amide bonds. The van der Waals surface area contributed by atoms with E-state index in [1.165, 1.54) is 21.1 Å². The zero-order chi connectivity index (χ0) is 25.4. The second kappa shape index (κ2) is 9.02. The van der Waals surface area contributed by atoms with Crippen molar-refractivity contribution >= 4 is 35.0 Å². The van der Waals surface area contributed by atoms with Gasteiger partial charge >= 0.3 is 6.09 Å². The van der Waals surface area contributed by atoms with Gasteiger partial charge in [0.1, 0.15) is 12.1 Å². The molecule has 1 fully saturated rings. The van der Waals surface area contributed by atoms with E-state index in [-0.39, 0.29) is 31.6 Å². The maximum Gasteiger partial charge on any atom is 0.410 e. The molecule has 0 saturated carbocycles. The van der Waals surface area contributed by atoms with Gasteiger partial charge in [-0.1, -0.05) is 30.3 Å². The summed E-state index contributed by atoms with van der Waals surface area (Å²) in [5.74, 6) is -0.714. The Kier molecular flexibility index (Phi) is 5.86. The average Bonchev–Trinajstić information content (AvgIpc) is 3.53. The third kappa shape index (κ3) is 4.03. The molecule has 5 rings (SSSR count). The number of thiophene rings is 1. The number of nitrogens with zero attached hydrogens (tertiary/aromatic N) is 4. The number of amides is 2. The van der Waals surface area contributed by atoms with Crippen LogP contribution in [0.25, 0.3) is 10.4 Å². The van der Waals surface area contributed by atoms with E-state index in [2.05, 4.69) is 6.07 Å². The van der Waals surface area contributed by atoms with Gasteiger partial charge in [-0.05, 0) is 41.5 Å². The van der Waals surface area contributed by atoms with E-state index in [9.17, 15) is 14.9 Å². The molecule has 36 heavy (non-hydrogen) atoms. The van der Waals surface area contributed by atoms with Crippen molar-refractivity contribution in [2.24, 2.45) is 16.6 Å². The van der Waals surface area contributed by atoms with E-state index in [0.29, 0.717) is 11.3 Å². The van der Waals surface area contributed by atoms with Gasteiger partial charge < -0.3 is 21.1 Å². The molecule has 0 bridgehead atoms. The summed E-state index contributed by atoms with van der Waals surface area (Å²) in [4.78, 5) is 35.6. The van der Waals surface area contributed by atoms with Gasteiger partial charge in [0.25, 0.3) is 0 Å². The minimum absolute atomic E-state index is 0.0985. The van der Waals surface area contributed by atoms with E-state index in [1.54, 1.807) is 25.2 Å². The average molecular weight is 501 g/mol. The molecule has 1 aromatic heterocycles. The maximum absolute atomic E-state index is 13.3. The van der Waals surface area contributed by atoms with E-state index in [1.807, 2.05) is 42.5 Å². The lowest BCUT2D eigenvalue weighted by Gasteiger charge is -2.36. The van der Waals surface area contributed by atoms with Gasteiger partial charge in [-0.3, -0.25) is 9.69 Å². The first-order valence-corrected chi connectivity index (χ1v) is 12.1. The van der Waals surface area contributed by atoms with Crippen molar-refractivity contribution in [3.05, 3.63) is 76.7 Å². The Morgan fingerprint density at radius 3 is 2.75 bits per heavy atom. The fourth-order valence-corrected chi connectivity index (χ4v) is 5.87. The number of carbonyl (C=O) groups is 2. The third-order valence-corrected chi connectivity index (χ3v) is 7.86. The standard InChI is InChI=1S/C26H24N6O3S/c1-31-23(33)20-13-32(25(34)35-14-16-5-3-2-4-6-16)15-26(20,30-24(31)29)22-8-7-21(36-22)18-9-17(12-27)10-19(28)11-18/h2-11,20H,13-15,28H2,1H3,(H2,29,30)/t20-,26-/m0/s1. The molecule has 0 unspecified atom stereocenters. The zero-order valence-corrected chi connectivity index (χ0v) is 20.4. The minimum Gasteiger partial charge on any atom is -0.445 e. The highest BCUT2D eigenvalue weighted by Gasteiger charge is 2.57. The normalized spacial score (nSPS) is 21.1. The van der Waals surface area contributed by atoms with E-state index < -0.39 is 17.6 Å². The molecule has 2 aromatic carbocycles.